The third kappa shape index (κ3) is 5.82. The van der Waals surface area contributed by atoms with Crippen LogP contribution in [0.25, 0.3) is 0 Å². The number of halogens is 11. The fraction of sp³-hybridized carbons (Fsp3) is 0.357. The normalized spacial score (nSPS) is 14.9. The molecule has 1 atom stereocenters. The summed E-state index contributed by atoms with van der Waals surface area (Å²) in [6.45, 7) is 3.63. The lowest BCUT2D eigenvalue weighted by molar-refractivity contribution is -0.348. The molecule has 0 radical (unpaired) electrons. The Morgan fingerprint density at radius 2 is 0.875 bits per heavy atom. The number of alkyl halides is 11. The maximum Gasteiger partial charge on any atom is 0.435 e. The minimum absolute atomic E-state index is 0.0405. The summed E-state index contributed by atoms with van der Waals surface area (Å²) in [5, 5.41) is 0. The number of aryl methyl sites for hydroxylation is 2. The van der Waals surface area contributed by atoms with Crippen molar-refractivity contribution in [1.29, 1.82) is 0 Å². The molecule has 0 amide bonds. The molecule has 1 unspecified atom stereocenters. The van der Waals surface area contributed by atoms with Gasteiger partial charge in [0.15, 0.2) is 14.7 Å². The zero-order valence-corrected chi connectivity index (χ0v) is 22.1. The molecule has 0 heterocycles. The number of hydrogen-bond donors (Lipinski definition) is 0. The van der Waals surface area contributed by atoms with Gasteiger partial charge in [-0.25, -0.2) is 8.78 Å². The van der Waals surface area contributed by atoms with Crippen LogP contribution in [0.15, 0.2) is 81.4 Å². The first-order valence-electron chi connectivity index (χ1n) is 11.9. The van der Waals surface area contributed by atoms with Crippen molar-refractivity contribution in [1.82, 2.24) is 0 Å². The van der Waals surface area contributed by atoms with Gasteiger partial charge < -0.3 is 0 Å². The van der Waals surface area contributed by atoms with Crippen LogP contribution in [0.2, 0.25) is 0 Å². The highest BCUT2D eigenvalue weighted by molar-refractivity contribution is 7.97. The second-order valence-electron chi connectivity index (χ2n) is 9.20. The molecule has 0 aromatic heterocycles. The summed E-state index contributed by atoms with van der Waals surface area (Å²) in [6.07, 6.45) is -17.8. The summed E-state index contributed by atoms with van der Waals surface area (Å²) in [7, 11) is -1.64. The summed E-state index contributed by atoms with van der Waals surface area (Å²) < 4.78 is 153. The van der Waals surface area contributed by atoms with E-state index in [1.54, 1.807) is 24.3 Å². The van der Waals surface area contributed by atoms with Crippen LogP contribution in [-0.2, 0) is 35.1 Å². The molecule has 0 saturated carbocycles. The fourth-order valence-electron chi connectivity index (χ4n) is 3.97. The van der Waals surface area contributed by atoms with Gasteiger partial charge in [-0.15, -0.1) is 0 Å². The van der Waals surface area contributed by atoms with E-state index in [-0.39, 0.29) is 19.1 Å². The summed E-state index contributed by atoms with van der Waals surface area (Å²) in [5.41, 5.74) is -12.6. The molecule has 0 spiro atoms. The highest BCUT2D eigenvalue weighted by Crippen LogP contribution is 2.55. The molecule has 0 saturated heterocycles. The molecule has 3 aromatic rings. The molecular formula is C28H24F11S+. The van der Waals surface area contributed by atoms with Gasteiger partial charge in [-0.3, -0.25) is 0 Å². The van der Waals surface area contributed by atoms with Crippen LogP contribution in [0.5, 0.6) is 0 Å². The van der Waals surface area contributed by atoms with Crippen molar-refractivity contribution in [3.63, 3.8) is 0 Å². The van der Waals surface area contributed by atoms with Crippen LogP contribution < -0.4 is 0 Å². The Hall–Kier alpha value is -2.76. The SMILES string of the molecule is CCc1ccc([S+](c2ccc(CC)cc2)c2cc(C(C)(F)C(F)(F)F)cc(C(F)(C(F)(F)F)C(F)(F)F)c2)cc1. The van der Waals surface area contributed by atoms with Crippen LogP contribution in [0.1, 0.15) is 43.0 Å². The van der Waals surface area contributed by atoms with E-state index in [0.717, 1.165) is 11.1 Å². The molecule has 0 fully saturated rings. The van der Waals surface area contributed by atoms with E-state index in [1.165, 1.54) is 24.3 Å². The van der Waals surface area contributed by atoms with Crippen molar-refractivity contribution in [2.45, 2.75) is 78.2 Å². The molecule has 3 rings (SSSR count). The van der Waals surface area contributed by atoms with Gasteiger partial charge in [0.05, 0.1) is 10.9 Å². The van der Waals surface area contributed by atoms with Crippen molar-refractivity contribution < 1.29 is 48.3 Å². The van der Waals surface area contributed by atoms with Crippen molar-refractivity contribution in [3.05, 3.63) is 89.0 Å². The molecular weight excluding hydrogens is 577 g/mol. The monoisotopic (exact) mass is 601 g/mol. The predicted octanol–water partition coefficient (Wildman–Crippen LogP) is 9.94. The maximum absolute atomic E-state index is 15.2. The first-order valence-corrected chi connectivity index (χ1v) is 13.2. The van der Waals surface area contributed by atoms with Crippen molar-refractivity contribution >= 4 is 10.9 Å². The Morgan fingerprint density at radius 3 is 1.20 bits per heavy atom. The highest BCUT2D eigenvalue weighted by Gasteiger charge is 2.74. The largest absolute Gasteiger partial charge is 0.435 e. The predicted molar refractivity (Wildman–Crippen MR) is 130 cm³/mol. The topological polar surface area (TPSA) is 0 Å². The van der Waals surface area contributed by atoms with Crippen LogP contribution in [0.4, 0.5) is 48.3 Å². The van der Waals surface area contributed by atoms with E-state index in [9.17, 15) is 39.5 Å². The third-order valence-corrected chi connectivity index (χ3v) is 8.72. The zero-order chi connectivity index (χ0) is 30.3. The van der Waals surface area contributed by atoms with Gasteiger partial charge in [0, 0.05) is 23.3 Å². The van der Waals surface area contributed by atoms with Crippen LogP contribution in [-0.4, -0.2) is 18.5 Å². The number of hydrogen-bond acceptors (Lipinski definition) is 0. The summed E-state index contributed by atoms with van der Waals surface area (Å²) in [6, 6.07) is 13.1. The second kappa shape index (κ2) is 10.9. The van der Waals surface area contributed by atoms with Gasteiger partial charge in [-0.05, 0) is 61.2 Å². The van der Waals surface area contributed by atoms with E-state index < -0.39 is 56.8 Å². The average molecular weight is 602 g/mol. The van der Waals surface area contributed by atoms with Gasteiger partial charge in [0.25, 0.3) is 0 Å². The van der Waals surface area contributed by atoms with Gasteiger partial charge in [0.1, 0.15) is 0 Å². The highest BCUT2D eigenvalue weighted by atomic mass is 32.2. The fourth-order valence-corrected chi connectivity index (χ4v) is 6.09. The Morgan fingerprint density at radius 1 is 0.500 bits per heavy atom. The summed E-state index contributed by atoms with van der Waals surface area (Å²) >= 11 is 0. The summed E-state index contributed by atoms with van der Waals surface area (Å²) in [4.78, 5) is 0.0610. The van der Waals surface area contributed by atoms with Crippen molar-refractivity contribution in [2.75, 3.05) is 0 Å². The van der Waals surface area contributed by atoms with Crippen molar-refractivity contribution in [2.24, 2.45) is 0 Å². The molecule has 0 N–H and O–H groups in total. The van der Waals surface area contributed by atoms with E-state index in [0.29, 0.717) is 28.7 Å². The van der Waals surface area contributed by atoms with E-state index in [1.807, 2.05) is 13.8 Å². The van der Waals surface area contributed by atoms with Crippen molar-refractivity contribution in [3.8, 4) is 0 Å². The first-order chi connectivity index (χ1) is 18.3. The lowest BCUT2D eigenvalue weighted by Crippen LogP contribution is -2.50. The van der Waals surface area contributed by atoms with Gasteiger partial charge >= 0.3 is 24.2 Å². The average Bonchev–Trinajstić information content (AvgIpc) is 2.87. The molecule has 218 valence electrons. The lowest BCUT2D eigenvalue weighted by Gasteiger charge is -2.32. The second-order valence-corrected chi connectivity index (χ2v) is 11.2. The molecule has 0 aliphatic carbocycles. The van der Waals surface area contributed by atoms with Crippen LogP contribution >= 0.6 is 0 Å². The van der Waals surface area contributed by atoms with E-state index in [2.05, 4.69) is 0 Å². The van der Waals surface area contributed by atoms with Crippen LogP contribution in [0, 0.1) is 0 Å². The molecule has 0 aliphatic heterocycles. The zero-order valence-electron chi connectivity index (χ0n) is 21.3. The third-order valence-electron chi connectivity index (χ3n) is 6.53. The Bertz CT molecular complexity index is 1240. The van der Waals surface area contributed by atoms with Crippen LogP contribution in [0.3, 0.4) is 0 Å². The Labute approximate surface area is 226 Å². The standard InChI is InChI=1S/C28H24F11S/c1-4-17-6-10-21(11-7-17)40(22-12-8-18(5-2)9-13-22)23-15-19(24(3,29)26(31,32)33)14-20(16-23)25(30,27(34,35)36)28(37,38)39/h6-16H,4-5H2,1-3H3/q+1. The Balaban J connectivity index is 2.45. The number of benzene rings is 3. The molecule has 40 heavy (non-hydrogen) atoms. The van der Waals surface area contributed by atoms with E-state index in [4.69, 9.17) is 0 Å². The summed E-state index contributed by atoms with van der Waals surface area (Å²) in [5.74, 6) is 0. The molecule has 12 heteroatoms. The first kappa shape index (κ1) is 31.8. The molecule has 0 bridgehead atoms. The van der Waals surface area contributed by atoms with Gasteiger partial charge in [-0.1, -0.05) is 38.1 Å². The quantitative estimate of drug-likeness (QED) is 0.187. The smallest absolute Gasteiger partial charge is 0.229 e. The maximum atomic E-state index is 15.2. The minimum Gasteiger partial charge on any atom is -0.229 e. The van der Waals surface area contributed by atoms with Gasteiger partial charge in [0.2, 0.25) is 5.67 Å². The lowest BCUT2D eigenvalue weighted by atomic mass is 9.88. The van der Waals surface area contributed by atoms with E-state index >= 15 is 8.78 Å². The molecule has 0 aliphatic rings. The molecule has 3 aromatic carbocycles. The van der Waals surface area contributed by atoms with Gasteiger partial charge in [-0.2, -0.15) is 39.5 Å². The molecule has 0 nitrogen and oxygen atoms in total. The number of rotatable bonds is 7. The minimum atomic E-state index is -6.61. The Kier molecular flexibility index (Phi) is 8.66.